The lowest BCUT2D eigenvalue weighted by atomic mass is 9.99. The first-order valence-electron chi connectivity index (χ1n) is 6.55. The summed E-state index contributed by atoms with van der Waals surface area (Å²) in [5, 5.41) is 9.55. The topological polar surface area (TPSA) is 78.0 Å². The van der Waals surface area contributed by atoms with Crippen LogP contribution in [0.5, 0.6) is 0 Å². The fraction of sp³-hybridized carbons (Fsp3) is 0.357. The quantitative estimate of drug-likeness (QED) is 0.862. The fourth-order valence-electron chi connectivity index (χ4n) is 2.18. The van der Waals surface area contributed by atoms with Crippen molar-refractivity contribution in [3.63, 3.8) is 0 Å². The van der Waals surface area contributed by atoms with E-state index in [1.807, 2.05) is 19.2 Å². The van der Waals surface area contributed by atoms with E-state index in [4.69, 9.17) is 5.14 Å². The molecule has 0 fully saturated rings. The largest absolute Gasteiger partial charge is 0.241 e. The van der Waals surface area contributed by atoms with E-state index in [9.17, 15) is 8.42 Å². The maximum atomic E-state index is 11.1. The summed E-state index contributed by atoms with van der Waals surface area (Å²) in [6.07, 6.45) is 11.4. The third-order valence-electron chi connectivity index (χ3n) is 3.35. The average Bonchev–Trinajstić information content (AvgIpc) is 2.81. The molecule has 2 rings (SSSR count). The number of fused-ring (bicyclic) bond motifs is 1. The molecular weight excluding hydrogens is 274 g/mol. The van der Waals surface area contributed by atoms with Crippen LogP contribution in [0.15, 0.2) is 35.9 Å². The lowest BCUT2D eigenvalue weighted by Crippen LogP contribution is -2.12. The van der Waals surface area contributed by atoms with Crippen LogP contribution in [0, 0.1) is 0 Å². The molecule has 6 heteroatoms. The number of rotatable bonds is 4. The summed E-state index contributed by atoms with van der Waals surface area (Å²) in [4.78, 5) is -0.117. The first kappa shape index (κ1) is 14.7. The molecular formula is C14H19N3O2S. The lowest BCUT2D eigenvalue weighted by molar-refractivity contribution is 0.604. The van der Waals surface area contributed by atoms with Gasteiger partial charge < -0.3 is 0 Å². The van der Waals surface area contributed by atoms with Gasteiger partial charge >= 0.3 is 0 Å². The highest BCUT2D eigenvalue weighted by Gasteiger charge is 2.14. The van der Waals surface area contributed by atoms with E-state index < -0.39 is 10.0 Å². The van der Waals surface area contributed by atoms with Gasteiger partial charge in [0.2, 0.25) is 10.0 Å². The summed E-state index contributed by atoms with van der Waals surface area (Å²) in [7, 11) is -3.73. The summed E-state index contributed by atoms with van der Waals surface area (Å²) in [6, 6.07) is 0. The number of nitrogens with two attached hydrogens (primary N) is 1. The van der Waals surface area contributed by atoms with Crippen molar-refractivity contribution < 1.29 is 8.42 Å². The van der Waals surface area contributed by atoms with Gasteiger partial charge in [0.1, 0.15) is 0 Å². The molecule has 2 N–H and O–H groups in total. The highest BCUT2D eigenvalue weighted by molar-refractivity contribution is 7.93. The van der Waals surface area contributed by atoms with Crippen molar-refractivity contribution in [3.05, 3.63) is 47.2 Å². The zero-order valence-electron chi connectivity index (χ0n) is 11.5. The molecule has 0 atom stereocenters. The molecule has 1 aliphatic carbocycles. The van der Waals surface area contributed by atoms with E-state index in [0.29, 0.717) is 0 Å². The second-order valence-electron chi connectivity index (χ2n) is 4.81. The van der Waals surface area contributed by atoms with Gasteiger partial charge in [-0.15, -0.1) is 0 Å². The minimum atomic E-state index is -3.73. The van der Waals surface area contributed by atoms with Gasteiger partial charge in [0.05, 0.1) is 16.3 Å². The van der Waals surface area contributed by atoms with Crippen LogP contribution in [0.2, 0.25) is 0 Å². The predicted octanol–water partition coefficient (Wildman–Crippen LogP) is 1.98. The monoisotopic (exact) mass is 293 g/mol. The molecule has 0 radical (unpaired) electrons. The van der Waals surface area contributed by atoms with Crippen molar-refractivity contribution in [2.45, 2.75) is 32.6 Å². The number of primary sulfonamides is 1. The van der Waals surface area contributed by atoms with Crippen molar-refractivity contribution in [2.24, 2.45) is 5.14 Å². The molecule has 1 aromatic rings. The van der Waals surface area contributed by atoms with Crippen LogP contribution in [-0.2, 0) is 22.9 Å². The van der Waals surface area contributed by atoms with Crippen molar-refractivity contribution in [2.75, 3.05) is 0 Å². The molecule has 1 heterocycles. The minimum absolute atomic E-state index is 0.117. The SMILES string of the molecule is C=C(/C=C\C(=C/C)n1cc2c(n1)CCCC2)S(N)(=O)=O. The van der Waals surface area contributed by atoms with Crippen molar-refractivity contribution in [1.29, 1.82) is 0 Å². The summed E-state index contributed by atoms with van der Waals surface area (Å²) >= 11 is 0. The molecule has 0 aromatic carbocycles. The van der Waals surface area contributed by atoms with E-state index in [1.54, 1.807) is 10.8 Å². The van der Waals surface area contributed by atoms with Crippen LogP contribution >= 0.6 is 0 Å². The van der Waals surface area contributed by atoms with E-state index >= 15 is 0 Å². The minimum Gasteiger partial charge on any atom is -0.241 e. The summed E-state index contributed by atoms with van der Waals surface area (Å²) in [6.45, 7) is 5.31. The number of nitrogens with zero attached hydrogens (tertiary/aromatic N) is 2. The molecule has 5 nitrogen and oxygen atoms in total. The van der Waals surface area contributed by atoms with Gasteiger partial charge in [-0.05, 0) is 50.3 Å². The molecule has 1 aliphatic rings. The van der Waals surface area contributed by atoms with Gasteiger partial charge in [-0.3, -0.25) is 0 Å². The number of aryl methyl sites for hydroxylation is 2. The van der Waals surface area contributed by atoms with Gasteiger partial charge in [0.15, 0.2) is 0 Å². The Bertz CT molecular complexity index is 658. The Morgan fingerprint density at radius 3 is 2.70 bits per heavy atom. The fourth-order valence-corrected chi connectivity index (χ4v) is 2.44. The van der Waals surface area contributed by atoms with Crippen LogP contribution in [0.25, 0.3) is 5.70 Å². The molecule has 0 aliphatic heterocycles. The molecule has 1 aromatic heterocycles. The Kier molecular flexibility index (Phi) is 4.25. The zero-order valence-corrected chi connectivity index (χ0v) is 12.4. The van der Waals surface area contributed by atoms with Gasteiger partial charge in [-0.25, -0.2) is 18.2 Å². The smallest absolute Gasteiger partial charge is 0.237 e. The normalized spacial score (nSPS) is 16.4. The Morgan fingerprint density at radius 1 is 1.40 bits per heavy atom. The molecule has 0 spiro atoms. The van der Waals surface area contributed by atoms with E-state index in [1.165, 1.54) is 24.5 Å². The van der Waals surface area contributed by atoms with Crippen molar-refractivity contribution >= 4 is 15.7 Å². The molecule has 0 bridgehead atoms. The maximum Gasteiger partial charge on any atom is 0.237 e. The first-order chi connectivity index (χ1) is 9.41. The highest BCUT2D eigenvalue weighted by Crippen LogP contribution is 2.21. The molecule has 108 valence electrons. The third-order valence-corrected chi connectivity index (χ3v) is 4.22. The molecule has 0 saturated heterocycles. The van der Waals surface area contributed by atoms with Crippen LogP contribution in [0.3, 0.4) is 0 Å². The maximum absolute atomic E-state index is 11.1. The standard InChI is InChI=1S/C14H19N3O2S/c1-3-13(9-8-11(2)20(15,18)19)17-10-12-6-4-5-7-14(12)16-17/h3,8-10H,2,4-7H2,1H3,(H2,15,18,19)/b9-8-,13-3+. The molecule has 0 saturated carbocycles. The van der Waals surface area contributed by atoms with Gasteiger partial charge in [0, 0.05) is 6.20 Å². The predicted molar refractivity (Wildman–Crippen MR) is 80.2 cm³/mol. The van der Waals surface area contributed by atoms with Crippen LogP contribution in [-0.4, -0.2) is 18.2 Å². The van der Waals surface area contributed by atoms with Gasteiger partial charge in [-0.2, -0.15) is 5.10 Å². The number of hydrogen-bond donors (Lipinski definition) is 1. The van der Waals surface area contributed by atoms with Crippen molar-refractivity contribution in [3.8, 4) is 0 Å². The number of sulfonamides is 1. The highest BCUT2D eigenvalue weighted by atomic mass is 32.2. The zero-order chi connectivity index (χ0) is 14.8. The molecule has 0 unspecified atom stereocenters. The van der Waals surface area contributed by atoms with E-state index in [-0.39, 0.29) is 4.91 Å². The van der Waals surface area contributed by atoms with Gasteiger partial charge in [-0.1, -0.05) is 12.7 Å². The van der Waals surface area contributed by atoms with Crippen LogP contribution in [0.4, 0.5) is 0 Å². The second-order valence-corrected chi connectivity index (χ2v) is 6.43. The second kappa shape index (κ2) is 5.76. The molecule has 0 amide bonds. The third kappa shape index (κ3) is 3.26. The van der Waals surface area contributed by atoms with Crippen LogP contribution in [0.1, 0.15) is 31.0 Å². The Labute approximate surface area is 119 Å². The van der Waals surface area contributed by atoms with Crippen molar-refractivity contribution in [1.82, 2.24) is 9.78 Å². The Hall–Kier alpha value is -1.66. The first-order valence-corrected chi connectivity index (χ1v) is 8.10. The number of aromatic nitrogens is 2. The van der Waals surface area contributed by atoms with E-state index in [2.05, 4.69) is 11.7 Å². The van der Waals surface area contributed by atoms with Gasteiger partial charge in [0.25, 0.3) is 0 Å². The summed E-state index contributed by atoms with van der Waals surface area (Å²) < 4.78 is 24.0. The van der Waals surface area contributed by atoms with Crippen LogP contribution < -0.4 is 5.14 Å². The van der Waals surface area contributed by atoms with E-state index in [0.717, 1.165) is 24.2 Å². The summed E-state index contributed by atoms with van der Waals surface area (Å²) in [5.74, 6) is 0. The number of allylic oxidation sites excluding steroid dienone is 4. The summed E-state index contributed by atoms with van der Waals surface area (Å²) in [5.41, 5.74) is 3.20. The Morgan fingerprint density at radius 2 is 2.10 bits per heavy atom. The number of hydrogen-bond acceptors (Lipinski definition) is 3. The molecule has 20 heavy (non-hydrogen) atoms. The Balaban J connectivity index is 2.23. The lowest BCUT2D eigenvalue weighted by Gasteiger charge is -2.06. The average molecular weight is 293 g/mol.